The van der Waals surface area contributed by atoms with Gasteiger partial charge in [-0.05, 0) is 48.6 Å². The molecule has 0 fully saturated rings. The number of rotatable bonds is 1. The second kappa shape index (κ2) is 5.10. The van der Waals surface area contributed by atoms with E-state index in [2.05, 4.69) is 67.6 Å². The molecular weight excluding hydrogens is 280 g/mol. The summed E-state index contributed by atoms with van der Waals surface area (Å²) in [5, 5.41) is 3.35. The number of aryl methyl sites for hydroxylation is 2. The number of pyridine rings is 1. The van der Waals surface area contributed by atoms with Crippen LogP contribution in [0.5, 0.6) is 0 Å². The van der Waals surface area contributed by atoms with Crippen LogP contribution in [0.3, 0.4) is 0 Å². The molecule has 4 aromatic rings. The summed E-state index contributed by atoms with van der Waals surface area (Å²) < 4.78 is 0. The summed E-state index contributed by atoms with van der Waals surface area (Å²) >= 11 is 0. The quantitative estimate of drug-likeness (QED) is 0.385. The van der Waals surface area contributed by atoms with E-state index in [1.165, 1.54) is 11.1 Å². The topological polar surface area (TPSA) is 38.9 Å². The van der Waals surface area contributed by atoms with Gasteiger partial charge in [0.2, 0.25) is 0 Å². The minimum absolute atomic E-state index is 0.854. The van der Waals surface area contributed by atoms with Crippen molar-refractivity contribution in [1.82, 2.24) is 4.98 Å². The minimum atomic E-state index is 0.854. The van der Waals surface area contributed by atoms with Gasteiger partial charge in [-0.2, -0.15) is 0 Å². The van der Waals surface area contributed by atoms with E-state index in [4.69, 9.17) is 10.7 Å². The Hall–Kier alpha value is -2.87. The van der Waals surface area contributed by atoms with Crippen molar-refractivity contribution in [2.24, 2.45) is 0 Å². The van der Waals surface area contributed by atoms with E-state index in [1.807, 2.05) is 6.92 Å². The fraction of sp³-hybridized carbons (Fsp3) is 0.0952. The van der Waals surface area contributed by atoms with Gasteiger partial charge in [-0.1, -0.05) is 42.5 Å². The molecule has 112 valence electrons. The highest BCUT2D eigenvalue weighted by molar-refractivity contribution is 6.03. The third-order valence-corrected chi connectivity index (χ3v) is 4.51. The normalized spacial score (nSPS) is 11.2. The minimum Gasteiger partial charge on any atom is -0.398 e. The van der Waals surface area contributed by atoms with Crippen LogP contribution >= 0.6 is 0 Å². The molecule has 0 amide bonds. The largest absolute Gasteiger partial charge is 0.398 e. The first-order valence-corrected chi connectivity index (χ1v) is 7.79. The number of nitrogen functional groups attached to an aromatic ring is 1. The number of anilines is 1. The number of nitrogens with zero attached hydrogens (tertiary/aromatic N) is 1. The molecule has 2 heteroatoms. The van der Waals surface area contributed by atoms with Crippen LogP contribution in [0.15, 0.2) is 60.7 Å². The van der Waals surface area contributed by atoms with Crippen LogP contribution in [-0.4, -0.2) is 4.98 Å². The second-order valence-corrected chi connectivity index (χ2v) is 6.07. The first-order valence-electron chi connectivity index (χ1n) is 7.79. The van der Waals surface area contributed by atoms with Gasteiger partial charge in [0.15, 0.2) is 0 Å². The number of fused-ring (bicyclic) bond motifs is 2. The van der Waals surface area contributed by atoms with Crippen molar-refractivity contribution in [1.29, 1.82) is 0 Å². The van der Waals surface area contributed by atoms with Crippen molar-refractivity contribution in [3.05, 3.63) is 71.8 Å². The van der Waals surface area contributed by atoms with Gasteiger partial charge < -0.3 is 5.73 Å². The molecule has 0 spiro atoms. The lowest BCUT2D eigenvalue weighted by atomic mass is 10.0. The van der Waals surface area contributed by atoms with Crippen molar-refractivity contribution in [3.63, 3.8) is 0 Å². The van der Waals surface area contributed by atoms with E-state index in [0.29, 0.717) is 0 Å². The zero-order valence-corrected chi connectivity index (χ0v) is 13.3. The Morgan fingerprint density at radius 1 is 0.783 bits per heavy atom. The van der Waals surface area contributed by atoms with E-state index in [0.717, 1.165) is 38.6 Å². The number of hydrogen-bond acceptors (Lipinski definition) is 2. The van der Waals surface area contributed by atoms with Crippen molar-refractivity contribution in [2.75, 3.05) is 5.73 Å². The highest BCUT2D eigenvalue weighted by Crippen LogP contribution is 2.30. The second-order valence-electron chi connectivity index (χ2n) is 6.07. The van der Waals surface area contributed by atoms with Crippen molar-refractivity contribution >= 4 is 27.4 Å². The molecule has 0 unspecified atom stereocenters. The SMILES string of the molecule is Cc1ccccc1-c1ccc2cc3c(N)c(C)ccc3cc2n1. The molecule has 0 aliphatic carbocycles. The summed E-state index contributed by atoms with van der Waals surface area (Å²) in [6, 6.07) is 21.0. The Morgan fingerprint density at radius 3 is 2.39 bits per heavy atom. The lowest BCUT2D eigenvalue weighted by Crippen LogP contribution is -1.92. The molecule has 0 atom stereocenters. The van der Waals surface area contributed by atoms with Crippen LogP contribution in [0.25, 0.3) is 32.9 Å². The summed E-state index contributed by atoms with van der Waals surface area (Å²) in [7, 11) is 0. The fourth-order valence-corrected chi connectivity index (χ4v) is 3.09. The summed E-state index contributed by atoms with van der Waals surface area (Å²) in [6.07, 6.45) is 0. The Labute approximate surface area is 135 Å². The first kappa shape index (κ1) is 13.8. The Bertz CT molecular complexity index is 1050. The summed E-state index contributed by atoms with van der Waals surface area (Å²) in [4.78, 5) is 4.87. The Kier molecular flexibility index (Phi) is 3.05. The van der Waals surface area contributed by atoms with Crippen molar-refractivity contribution < 1.29 is 0 Å². The van der Waals surface area contributed by atoms with Crippen molar-refractivity contribution in [2.45, 2.75) is 13.8 Å². The number of hydrogen-bond donors (Lipinski definition) is 1. The van der Waals surface area contributed by atoms with Crippen LogP contribution in [0.4, 0.5) is 5.69 Å². The van der Waals surface area contributed by atoms with Gasteiger partial charge in [0.05, 0.1) is 11.2 Å². The molecule has 0 saturated heterocycles. The fourth-order valence-electron chi connectivity index (χ4n) is 3.09. The van der Waals surface area contributed by atoms with Gasteiger partial charge in [0.1, 0.15) is 0 Å². The van der Waals surface area contributed by atoms with Crippen LogP contribution in [0.2, 0.25) is 0 Å². The lowest BCUT2D eigenvalue weighted by molar-refractivity contribution is 1.36. The van der Waals surface area contributed by atoms with E-state index in [-0.39, 0.29) is 0 Å². The molecule has 0 aliphatic heterocycles. The van der Waals surface area contributed by atoms with Gasteiger partial charge in [0.25, 0.3) is 0 Å². The standard InChI is InChI=1S/C21H18N2/c1-13-5-3-4-6-17(13)19-10-9-16-11-18-15(12-20(16)23-19)8-7-14(2)21(18)22/h3-12H,22H2,1-2H3. The summed E-state index contributed by atoms with van der Waals surface area (Å²) in [5.41, 5.74) is 12.6. The highest BCUT2D eigenvalue weighted by Gasteiger charge is 2.07. The molecule has 3 aromatic carbocycles. The zero-order valence-electron chi connectivity index (χ0n) is 13.3. The molecule has 1 aromatic heterocycles. The van der Waals surface area contributed by atoms with E-state index in [9.17, 15) is 0 Å². The first-order chi connectivity index (χ1) is 11.1. The number of aromatic nitrogens is 1. The van der Waals surface area contributed by atoms with E-state index >= 15 is 0 Å². The monoisotopic (exact) mass is 298 g/mol. The maximum atomic E-state index is 6.23. The molecule has 2 N–H and O–H groups in total. The van der Waals surface area contributed by atoms with Gasteiger partial charge >= 0.3 is 0 Å². The van der Waals surface area contributed by atoms with Crippen molar-refractivity contribution in [3.8, 4) is 11.3 Å². The average Bonchev–Trinajstić information content (AvgIpc) is 2.57. The Morgan fingerprint density at radius 2 is 1.57 bits per heavy atom. The highest BCUT2D eigenvalue weighted by atomic mass is 14.7. The van der Waals surface area contributed by atoms with Gasteiger partial charge in [0, 0.05) is 22.0 Å². The summed E-state index contributed by atoms with van der Waals surface area (Å²) in [5.74, 6) is 0. The molecule has 23 heavy (non-hydrogen) atoms. The molecule has 0 aliphatic rings. The van der Waals surface area contributed by atoms with Crippen LogP contribution in [0.1, 0.15) is 11.1 Å². The molecule has 0 bridgehead atoms. The zero-order chi connectivity index (χ0) is 16.0. The molecule has 0 radical (unpaired) electrons. The van der Waals surface area contributed by atoms with E-state index in [1.54, 1.807) is 0 Å². The molecular formula is C21H18N2. The number of benzene rings is 3. The van der Waals surface area contributed by atoms with Gasteiger partial charge in [-0.25, -0.2) is 4.98 Å². The third kappa shape index (κ3) is 2.23. The molecule has 4 rings (SSSR count). The van der Waals surface area contributed by atoms with Crippen LogP contribution in [0, 0.1) is 13.8 Å². The maximum Gasteiger partial charge on any atom is 0.0715 e. The predicted octanol–water partition coefficient (Wildman–Crippen LogP) is 5.25. The number of nitrogens with two attached hydrogens (primary N) is 1. The van der Waals surface area contributed by atoms with E-state index < -0.39 is 0 Å². The molecule has 1 heterocycles. The lowest BCUT2D eigenvalue weighted by Gasteiger charge is -2.09. The van der Waals surface area contributed by atoms with Gasteiger partial charge in [-0.15, -0.1) is 0 Å². The maximum absolute atomic E-state index is 6.23. The Balaban J connectivity index is 1.98. The average molecular weight is 298 g/mol. The molecule has 0 saturated carbocycles. The predicted molar refractivity (Wildman–Crippen MR) is 98.6 cm³/mol. The third-order valence-electron chi connectivity index (χ3n) is 4.51. The van der Waals surface area contributed by atoms with Crippen LogP contribution in [-0.2, 0) is 0 Å². The van der Waals surface area contributed by atoms with Gasteiger partial charge in [-0.3, -0.25) is 0 Å². The summed E-state index contributed by atoms with van der Waals surface area (Å²) in [6.45, 7) is 4.16. The van der Waals surface area contributed by atoms with Crippen LogP contribution < -0.4 is 5.73 Å². The smallest absolute Gasteiger partial charge is 0.0715 e. The molecule has 2 nitrogen and oxygen atoms in total.